The molecule has 6 nitrogen and oxygen atoms in total. The second kappa shape index (κ2) is 10.1. The normalized spacial score (nSPS) is 11.0. The predicted molar refractivity (Wildman–Crippen MR) is 123 cm³/mol. The molecule has 0 atom stereocenters. The summed E-state index contributed by atoms with van der Waals surface area (Å²) in [6.45, 7) is 4.35. The van der Waals surface area contributed by atoms with Crippen LogP contribution in [0.5, 0.6) is 5.75 Å². The molecule has 162 valence electrons. The Morgan fingerprint density at radius 2 is 1.55 bits per heavy atom. The van der Waals surface area contributed by atoms with Crippen LogP contribution in [0.25, 0.3) is 0 Å². The number of carbonyl (C=O) groups is 1. The molecule has 0 spiro atoms. The predicted octanol–water partition coefficient (Wildman–Crippen LogP) is 4.90. The maximum Gasteiger partial charge on any atom is 0.261 e. The van der Waals surface area contributed by atoms with Gasteiger partial charge in [-0.1, -0.05) is 29.8 Å². The van der Waals surface area contributed by atoms with E-state index >= 15 is 0 Å². The number of hydrogen-bond donors (Lipinski definition) is 2. The van der Waals surface area contributed by atoms with Gasteiger partial charge in [0, 0.05) is 17.8 Å². The number of benzene rings is 3. The molecule has 0 saturated heterocycles. The SMILES string of the molecule is Cc1ccc(S(=O)(=O)Nc2ccc(NC(=O)CCCOc3cccc(C)c3)cc2)cc1. The highest BCUT2D eigenvalue weighted by Crippen LogP contribution is 2.19. The first-order valence-electron chi connectivity index (χ1n) is 10.0. The maximum absolute atomic E-state index is 12.5. The zero-order valence-electron chi connectivity index (χ0n) is 17.6. The van der Waals surface area contributed by atoms with Crippen LogP contribution >= 0.6 is 0 Å². The number of carbonyl (C=O) groups excluding carboxylic acids is 1. The molecule has 0 aromatic heterocycles. The topological polar surface area (TPSA) is 84.5 Å². The summed E-state index contributed by atoms with van der Waals surface area (Å²) in [5.74, 6) is 0.671. The highest BCUT2D eigenvalue weighted by molar-refractivity contribution is 7.92. The molecule has 0 saturated carbocycles. The Bertz CT molecular complexity index is 1130. The van der Waals surface area contributed by atoms with Gasteiger partial charge in [0.05, 0.1) is 11.5 Å². The van der Waals surface area contributed by atoms with E-state index in [2.05, 4.69) is 10.0 Å². The summed E-state index contributed by atoms with van der Waals surface area (Å²) >= 11 is 0. The van der Waals surface area contributed by atoms with Gasteiger partial charge in [0.2, 0.25) is 5.91 Å². The summed E-state index contributed by atoms with van der Waals surface area (Å²) in [5, 5.41) is 2.81. The van der Waals surface area contributed by atoms with Crippen molar-refractivity contribution in [3.8, 4) is 5.75 Å². The lowest BCUT2D eigenvalue weighted by Crippen LogP contribution is -2.14. The fourth-order valence-electron chi connectivity index (χ4n) is 2.90. The number of ether oxygens (including phenoxy) is 1. The molecule has 3 rings (SSSR count). The Kier molecular flexibility index (Phi) is 7.31. The quantitative estimate of drug-likeness (QED) is 0.465. The van der Waals surface area contributed by atoms with Crippen LogP contribution in [0.15, 0.2) is 77.7 Å². The van der Waals surface area contributed by atoms with Crippen LogP contribution in [0.2, 0.25) is 0 Å². The van der Waals surface area contributed by atoms with Gasteiger partial charge in [-0.05, 0) is 74.4 Å². The van der Waals surface area contributed by atoms with Crippen molar-refractivity contribution < 1.29 is 17.9 Å². The van der Waals surface area contributed by atoms with Gasteiger partial charge in [-0.15, -0.1) is 0 Å². The average Bonchev–Trinajstić information content (AvgIpc) is 2.73. The van der Waals surface area contributed by atoms with Gasteiger partial charge in [-0.25, -0.2) is 8.42 Å². The number of aryl methyl sites for hydroxylation is 2. The first-order chi connectivity index (χ1) is 14.8. The van der Waals surface area contributed by atoms with Crippen LogP contribution in [0.1, 0.15) is 24.0 Å². The molecule has 0 bridgehead atoms. The van der Waals surface area contributed by atoms with E-state index in [0.717, 1.165) is 16.9 Å². The Labute approximate surface area is 183 Å². The first-order valence-corrected chi connectivity index (χ1v) is 11.5. The fraction of sp³-hybridized carbons (Fsp3) is 0.208. The minimum Gasteiger partial charge on any atom is -0.494 e. The number of anilines is 2. The van der Waals surface area contributed by atoms with E-state index in [1.54, 1.807) is 48.5 Å². The summed E-state index contributed by atoms with van der Waals surface area (Å²) in [5.41, 5.74) is 3.13. The van der Waals surface area contributed by atoms with Crippen LogP contribution in [0, 0.1) is 13.8 Å². The Hall–Kier alpha value is -3.32. The Morgan fingerprint density at radius 1 is 0.871 bits per heavy atom. The van der Waals surface area contributed by atoms with Gasteiger partial charge in [-0.2, -0.15) is 0 Å². The molecule has 0 heterocycles. The lowest BCUT2D eigenvalue weighted by atomic mass is 10.2. The van der Waals surface area contributed by atoms with Crippen molar-refractivity contribution in [2.75, 3.05) is 16.6 Å². The van der Waals surface area contributed by atoms with Crippen molar-refractivity contribution in [2.45, 2.75) is 31.6 Å². The van der Waals surface area contributed by atoms with E-state index < -0.39 is 10.0 Å². The van der Waals surface area contributed by atoms with Crippen LogP contribution in [-0.2, 0) is 14.8 Å². The van der Waals surface area contributed by atoms with E-state index in [0.29, 0.717) is 30.8 Å². The standard InChI is InChI=1S/C24H26N2O4S/c1-18-8-14-23(15-9-18)31(28,29)26-21-12-10-20(11-13-21)25-24(27)7-4-16-30-22-6-3-5-19(2)17-22/h3,5-6,8-15,17,26H,4,7,16H2,1-2H3,(H,25,27). The molecular formula is C24H26N2O4S. The van der Waals surface area contributed by atoms with Crippen molar-refractivity contribution in [3.63, 3.8) is 0 Å². The van der Waals surface area contributed by atoms with Gasteiger partial charge in [0.25, 0.3) is 10.0 Å². The molecule has 2 N–H and O–H groups in total. The fourth-order valence-corrected chi connectivity index (χ4v) is 3.96. The van der Waals surface area contributed by atoms with Gasteiger partial charge < -0.3 is 10.1 Å². The van der Waals surface area contributed by atoms with Gasteiger partial charge in [-0.3, -0.25) is 9.52 Å². The number of amides is 1. The van der Waals surface area contributed by atoms with E-state index in [-0.39, 0.29) is 10.8 Å². The minimum atomic E-state index is -3.66. The van der Waals surface area contributed by atoms with E-state index in [9.17, 15) is 13.2 Å². The summed E-state index contributed by atoms with van der Waals surface area (Å²) < 4.78 is 33.1. The van der Waals surface area contributed by atoms with E-state index in [1.165, 1.54) is 0 Å². The second-order valence-corrected chi connectivity index (χ2v) is 9.00. The molecule has 0 radical (unpaired) electrons. The third-order valence-electron chi connectivity index (χ3n) is 4.56. The monoisotopic (exact) mass is 438 g/mol. The molecule has 0 aliphatic rings. The molecule has 7 heteroatoms. The third-order valence-corrected chi connectivity index (χ3v) is 5.96. The highest BCUT2D eigenvalue weighted by Gasteiger charge is 2.13. The lowest BCUT2D eigenvalue weighted by Gasteiger charge is -2.10. The highest BCUT2D eigenvalue weighted by atomic mass is 32.2. The summed E-state index contributed by atoms with van der Waals surface area (Å²) in [7, 11) is -3.66. The zero-order valence-corrected chi connectivity index (χ0v) is 18.4. The molecule has 0 unspecified atom stereocenters. The number of rotatable bonds is 9. The molecule has 31 heavy (non-hydrogen) atoms. The molecule has 0 fully saturated rings. The summed E-state index contributed by atoms with van der Waals surface area (Å²) in [6, 6.07) is 21.0. The molecule has 3 aromatic carbocycles. The summed E-state index contributed by atoms with van der Waals surface area (Å²) in [4.78, 5) is 12.3. The van der Waals surface area contributed by atoms with Crippen molar-refractivity contribution in [1.82, 2.24) is 0 Å². The lowest BCUT2D eigenvalue weighted by molar-refractivity contribution is -0.116. The van der Waals surface area contributed by atoms with Crippen LogP contribution in [-0.4, -0.2) is 20.9 Å². The number of nitrogens with one attached hydrogen (secondary N) is 2. The third kappa shape index (κ3) is 6.86. The van der Waals surface area contributed by atoms with E-state index in [1.807, 2.05) is 38.1 Å². The maximum atomic E-state index is 12.5. The van der Waals surface area contributed by atoms with Crippen molar-refractivity contribution in [2.24, 2.45) is 0 Å². The van der Waals surface area contributed by atoms with Gasteiger partial charge in [0.15, 0.2) is 0 Å². The first kappa shape index (κ1) is 22.4. The van der Waals surface area contributed by atoms with Crippen molar-refractivity contribution >= 4 is 27.3 Å². The number of hydrogen-bond acceptors (Lipinski definition) is 4. The molecule has 1 amide bonds. The minimum absolute atomic E-state index is 0.124. The van der Waals surface area contributed by atoms with E-state index in [4.69, 9.17) is 4.74 Å². The van der Waals surface area contributed by atoms with Crippen molar-refractivity contribution in [1.29, 1.82) is 0 Å². The average molecular weight is 439 g/mol. The van der Waals surface area contributed by atoms with Crippen LogP contribution < -0.4 is 14.8 Å². The zero-order chi connectivity index (χ0) is 22.3. The van der Waals surface area contributed by atoms with Gasteiger partial charge in [0.1, 0.15) is 5.75 Å². The smallest absolute Gasteiger partial charge is 0.261 e. The Balaban J connectivity index is 1.46. The van der Waals surface area contributed by atoms with Gasteiger partial charge >= 0.3 is 0 Å². The van der Waals surface area contributed by atoms with Crippen LogP contribution in [0.4, 0.5) is 11.4 Å². The molecule has 0 aliphatic carbocycles. The molecule has 0 aliphatic heterocycles. The Morgan fingerprint density at radius 3 is 2.23 bits per heavy atom. The molecule has 3 aromatic rings. The van der Waals surface area contributed by atoms with Crippen molar-refractivity contribution in [3.05, 3.63) is 83.9 Å². The number of sulfonamides is 1. The summed E-state index contributed by atoms with van der Waals surface area (Å²) in [6.07, 6.45) is 0.918. The second-order valence-electron chi connectivity index (χ2n) is 7.31. The van der Waals surface area contributed by atoms with Crippen LogP contribution in [0.3, 0.4) is 0 Å². The molecular weight excluding hydrogens is 412 g/mol. The largest absolute Gasteiger partial charge is 0.494 e.